The predicted octanol–water partition coefficient (Wildman–Crippen LogP) is 5.00. The lowest BCUT2D eigenvalue weighted by atomic mass is 10.1. The topological polar surface area (TPSA) is 68.7 Å². The summed E-state index contributed by atoms with van der Waals surface area (Å²) in [5.41, 5.74) is 2.36. The van der Waals surface area contributed by atoms with Gasteiger partial charge >= 0.3 is 5.97 Å². The number of thiazole rings is 1. The van der Waals surface area contributed by atoms with Gasteiger partial charge in [0.1, 0.15) is 34.6 Å². The van der Waals surface area contributed by atoms with Crippen LogP contribution in [0.15, 0.2) is 61.2 Å². The molecular weight excluding hydrogens is 374 g/mol. The number of rotatable bonds is 9. The molecule has 0 spiro atoms. The average Bonchev–Trinajstić information content (AvgIpc) is 3.09. The van der Waals surface area contributed by atoms with Crippen LogP contribution >= 0.6 is 11.3 Å². The number of aryl methyl sites for hydroxylation is 1. The highest BCUT2D eigenvalue weighted by Crippen LogP contribution is 2.34. The molecule has 0 aliphatic heterocycles. The molecule has 0 bridgehead atoms. The van der Waals surface area contributed by atoms with Gasteiger partial charge in [0.05, 0.1) is 11.3 Å². The van der Waals surface area contributed by atoms with Gasteiger partial charge in [0, 0.05) is 0 Å². The molecule has 3 rings (SSSR count). The van der Waals surface area contributed by atoms with E-state index >= 15 is 0 Å². The lowest BCUT2D eigenvalue weighted by Gasteiger charge is -2.12. The molecule has 1 N–H and O–H groups in total. The van der Waals surface area contributed by atoms with Gasteiger partial charge in [-0.1, -0.05) is 36.4 Å². The lowest BCUT2D eigenvalue weighted by molar-refractivity contribution is 0.0701. The summed E-state index contributed by atoms with van der Waals surface area (Å²) in [7, 11) is 0. The molecule has 144 valence electrons. The van der Waals surface area contributed by atoms with Gasteiger partial charge in [0.25, 0.3) is 0 Å². The van der Waals surface area contributed by atoms with Crippen LogP contribution in [0.4, 0.5) is 0 Å². The van der Waals surface area contributed by atoms with Crippen molar-refractivity contribution in [3.8, 4) is 22.1 Å². The second-order valence-corrected chi connectivity index (χ2v) is 7.03. The summed E-state index contributed by atoms with van der Waals surface area (Å²) in [5.74, 6) is 0.503. The van der Waals surface area contributed by atoms with E-state index in [9.17, 15) is 9.90 Å². The molecule has 0 saturated heterocycles. The molecule has 1 heterocycles. The van der Waals surface area contributed by atoms with Crippen molar-refractivity contribution in [2.24, 2.45) is 0 Å². The number of hydrogen-bond acceptors (Lipinski definition) is 5. The summed E-state index contributed by atoms with van der Waals surface area (Å²) < 4.78 is 11.7. The fourth-order valence-corrected chi connectivity index (χ4v) is 3.69. The third-order valence-electron chi connectivity index (χ3n) is 4.04. The fraction of sp³-hybridized carbons (Fsp3) is 0.182. The lowest BCUT2D eigenvalue weighted by Crippen LogP contribution is -2.10. The van der Waals surface area contributed by atoms with Crippen molar-refractivity contribution in [2.75, 3.05) is 13.2 Å². The van der Waals surface area contributed by atoms with Gasteiger partial charge in [0.15, 0.2) is 0 Å². The molecule has 5 nitrogen and oxygen atoms in total. The Morgan fingerprint density at radius 2 is 1.75 bits per heavy atom. The number of hydrogen-bond donors (Lipinski definition) is 1. The summed E-state index contributed by atoms with van der Waals surface area (Å²) in [6.45, 7) is 6.21. The summed E-state index contributed by atoms with van der Waals surface area (Å²) in [4.78, 5) is 15.9. The van der Waals surface area contributed by atoms with Crippen LogP contribution in [-0.4, -0.2) is 29.3 Å². The van der Waals surface area contributed by atoms with Crippen molar-refractivity contribution in [2.45, 2.75) is 13.3 Å². The Balaban J connectivity index is 1.67. The molecular formula is C22H21NO4S. The van der Waals surface area contributed by atoms with Gasteiger partial charge in [-0.05, 0) is 37.1 Å². The summed E-state index contributed by atoms with van der Waals surface area (Å²) in [5, 5.41) is 9.88. The molecule has 3 aromatic rings. The molecule has 0 unspecified atom stereocenters. The van der Waals surface area contributed by atoms with E-state index in [1.54, 1.807) is 6.92 Å². The Labute approximate surface area is 167 Å². The molecule has 0 aliphatic carbocycles. The molecule has 0 amide bonds. The summed E-state index contributed by atoms with van der Waals surface area (Å²) in [6.07, 6.45) is 2.59. The zero-order valence-electron chi connectivity index (χ0n) is 15.6. The number of carbonyl (C=O) groups is 1. The number of ether oxygens (including phenoxy) is 2. The quantitative estimate of drug-likeness (QED) is 0.408. The van der Waals surface area contributed by atoms with Crippen molar-refractivity contribution >= 4 is 17.3 Å². The molecule has 6 heteroatoms. The van der Waals surface area contributed by atoms with Crippen LogP contribution in [-0.2, 0) is 6.42 Å². The van der Waals surface area contributed by atoms with E-state index in [1.165, 1.54) is 0 Å². The Morgan fingerprint density at radius 3 is 2.43 bits per heavy atom. The maximum Gasteiger partial charge on any atom is 0.347 e. The van der Waals surface area contributed by atoms with Crippen LogP contribution in [0.5, 0.6) is 11.5 Å². The highest BCUT2D eigenvalue weighted by Gasteiger charge is 2.17. The number of allylic oxidation sites excluding steroid dienone is 1. The van der Waals surface area contributed by atoms with E-state index in [2.05, 4.69) is 11.6 Å². The number of aromatic nitrogens is 1. The smallest absolute Gasteiger partial charge is 0.347 e. The minimum atomic E-state index is -0.966. The van der Waals surface area contributed by atoms with E-state index in [1.807, 2.05) is 54.6 Å². The zero-order valence-corrected chi connectivity index (χ0v) is 16.4. The standard InChI is InChI=1S/C22H21NO4S/c1-3-8-16-9-4-6-11-18(16)26-13-14-27-19-12-7-5-10-17(19)21-23-15(2)20(28-21)22(24)25/h3-7,9-12H,1,8,13-14H2,2H3,(H,24,25). The Hall–Kier alpha value is -3.12. The minimum Gasteiger partial charge on any atom is -0.490 e. The van der Waals surface area contributed by atoms with Crippen LogP contribution in [0.2, 0.25) is 0 Å². The number of aromatic carboxylic acids is 1. The summed E-state index contributed by atoms with van der Waals surface area (Å²) >= 11 is 1.15. The van der Waals surface area contributed by atoms with E-state index in [4.69, 9.17) is 9.47 Å². The largest absolute Gasteiger partial charge is 0.490 e. The maximum atomic E-state index is 11.3. The number of carboxylic acids is 1. The molecule has 0 atom stereocenters. The van der Waals surface area contributed by atoms with Crippen molar-refractivity contribution in [1.82, 2.24) is 4.98 Å². The number of carboxylic acid groups (broad SMARTS) is 1. The SMILES string of the molecule is C=CCc1ccccc1OCCOc1ccccc1-c1nc(C)c(C(=O)O)s1. The molecule has 0 aliphatic rings. The number of benzene rings is 2. The van der Waals surface area contributed by atoms with E-state index in [0.717, 1.165) is 34.6 Å². The first-order valence-corrected chi connectivity index (χ1v) is 9.66. The Morgan fingerprint density at radius 1 is 1.11 bits per heavy atom. The molecule has 0 fully saturated rings. The van der Waals surface area contributed by atoms with Crippen molar-refractivity contribution in [3.63, 3.8) is 0 Å². The maximum absolute atomic E-state index is 11.3. The second-order valence-electron chi connectivity index (χ2n) is 6.03. The minimum absolute atomic E-state index is 0.243. The van der Waals surface area contributed by atoms with Crippen molar-refractivity contribution in [3.05, 3.63) is 77.3 Å². The van der Waals surface area contributed by atoms with Gasteiger partial charge in [-0.3, -0.25) is 0 Å². The van der Waals surface area contributed by atoms with Crippen LogP contribution in [0.1, 0.15) is 20.9 Å². The predicted molar refractivity (Wildman–Crippen MR) is 111 cm³/mol. The summed E-state index contributed by atoms with van der Waals surface area (Å²) in [6, 6.07) is 15.3. The van der Waals surface area contributed by atoms with Crippen LogP contribution in [0.25, 0.3) is 10.6 Å². The van der Waals surface area contributed by atoms with Gasteiger partial charge in [-0.25, -0.2) is 9.78 Å². The highest BCUT2D eigenvalue weighted by atomic mass is 32.1. The first-order valence-electron chi connectivity index (χ1n) is 8.84. The Kier molecular flexibility index (Phi) is 6.45. The third kappa shape index (κ3) is 4.58. The van der Waals surface area contributed by atoms with Crippen LogP contribution in [0, 0.1) is 6.92 Å². The fourth-order valence-electron chi connectivity index (χ4n) is 2.75. The highest BCUT2D eigenvalue weighted by molar-refractivity contribution is 7.17. The van der Waals surface area contributed by atoms with Gasteiger partial charge in [-0.15, -0.1) is 17.9 Å². The van der Waals surface area contributed by atoms with Gasteiger partial charge in [-0.2, -0.15) is 0 Å². The number of nitrogens with zero attached hydrogens (tertiary/aromatic N) is 1. The monoisotopic (exact) mass is 395 g/mol. The van der Waals surface area contributed by atoms with Crippen LogP contribution in [0.3, 0.4) is 0 Å². The third-order valence-corrected chi connectivity index (χ3v) is 5.22. The zero-order chi connectivity index (χ0) is 19.9. The average molecular weight is 395 g/mol. The molecule has 0 radical (unpaired) electrons. The normalized spacial score (nSPS) is 10.5. The van der Waals surface area contributed by atoms with Crippen molar-refractivity contribution in [1.29, 1.82) is 0 Å². The first kappa shape index (κ1) is 19.6. The van der Waals surface area contributed by atoms with E-state index < -0.39 is 5.97 Å². The van der Waals surface area contributed by atoms with Crippen LogP contribution < -0.4 is 9.47 Å². The van der Waals surface area contributed by atoms with Gasteiger partial charge in [0.2, 0.25) is 0 Å². The molecule has 28 heavy (non-hydrogen) atoms. The molecule has 0 saturated carbocycles. The molecule has 2 aromatic carbocycles. The van der Waals surface area contributed by atoms with E-state index in [-0.39, 0.29) is 4.88 Å². The Bertz CT molecular complexity index is 980. The van der Waals surface area contributed by atoms with E-state index in [0.29, 0.717) is 29.7 Å². The van der Waals surface area contributed by atoms with Crippen molar-refractivity contribution < 1.29 is 19.4 Å². The van der Waals surface area contributed by atoms with Gasteiger partial charge < -0.3 is 14.6 Å². The second kappa shape index (κ2) is 9.19. The first-order chi connectivity index (χ1) is 13.6. The molecule has 1 aromatic heterocycles. The number of para-hydroxylation sites is 2.